The smallest absolute Gasteiger partial charge is 0.00873 e. The normalized spacial score (nSPS) is 15.2. The molecule has 62 heavy (non-hydrogen) atoms. The predicted molar refractivity (Wildman–Crippen MR) is 260 cm³/mol. The van der Waals surface area contributed by atoms with Crippen LogP contribution in [0.3, 0.4) is 0 Å². The van der Waals surface area contributed by atoms with Gasteiger partial charge in [0.15, 0.2) is 0 Å². The zero-order chi connectivity index (χ0) is 44.3. The van der Waals surface area contributed by atoms with Crippen LogP contribution in [0.25, 0.3) is 22.3 Å². The SMILES string of the molecule is CC(C)(C)c1ccc([C](=[Zr+2])c2ccc(C(C)(C)C)cc2)cc1.CC1=[C-]C(C)(C)c2cc3c(cc21)-c1cc2c(cc1C3)C(C)(C)C=C2C.CCc1cc(C(C)(C)C)c(CC)[cH-]1.[Cl-].[Cl-]. The van der Waals surface area contributed by atoms with Crippen LogP contribution in [0.15, 0.2) is 91.0 Å². The number of hydrogen-bond donors (Lipinski definition) is 0. The van der Waals surface area contributed by atoms with Crippen molar-refractivity contribution in [1.29, 1.82) is 0 Å². The van der Waals surface area contributed by atoms with Crippen molar-refractivity contribution in [1.82, 2.24) is 0 Å². The molecule has 0 aliphatic heterocycles. The van der Waals surface area contributed by atoms with Gasteiger partial charge in [0.05, 0.1) is 0 Å². The second-order valence-electron chi connectivity index (χ2n) is 22.0. The minimum absolute atomic E-state index is 0. The average Bonchev–Trinajstić information content (AvgIpc) is 3.88. The molecule has 328 valence electrons. The summed E-state index contributed by atoms with van der Waals surface area (Å²) < 4.78 is 1.42. The van der Waals surface area contributed by atoms with E-state index in [0.717, 1.165) is 19.3 Å². The second-order valence-corrected chi connectivity index (χ2v) is 23.2. The van der Waals surface area contributed by atoms with Crippen molar-refractivity contribution in [3.8, 4) is 11.1 Å². The van der Waals surface area contributed by atoms with E-state index in [-0.39, 0.29) is 46.5 Å². The van der Waals surface area contributed by atoms with Crippen molar-refractivity contribution in [2.75, 3.05) is 0 Å². The van der Waals surface area contributed by atoms with Crippen LogP contribution < -0.4 is 24.8 Å². The van der Waals surface area contributed by atoms with Crippen molar-refractivity contribution >= 4 is 14.4 Å². The minimum atomic E-state index is 0. The Morgan fingerprint density at radius 2 is 1.08 bits per heavy atom. The quantitative estimate of drug-likeness (QED) is 0.155. The van der Waals surface area contributed by atoms with Crippen LogP contribution in [0.1, 0.15) is 190 Å². The summed E-state index contributed by atoms with van der Waals surface area (Å²) in [6.07, 6.45) is 9.45. The molecule has 0 fully saturated rings. The van der Waals surface area contributed by atoms with Gasteiger partial charge >= 0.3 is 151 Å². The average molecular weight is 943 g/mol. The fourth-order valence-electron chi connectivity index (χ4n) is 9.53. The third kappa shape index (κ3) is 10.8. The fraction of sp³-hybridized carbons (Fsp3) is 0.424. The molecular formula is C59H72Cl2Zr-2. The summed E-state index contributed by atoms with van der Waals surface area (Å²) in [4.78, 5) is 0. The first kappa shape index (κ1) is 51.7. The number of halogens is 2. The first-order valence-corrected chi connectivity index (χ1v) is 23.7. The van der Waals surface area contributed by atoms with E-state index in [2.05, 4.69) is 215 Å². The molecule has 0 nitrogen and oxygen atoms in total. The molecule has 0 saturated heterocycles. The van der Waals surface area contributed by atoms with Gasteiger partial charge in [0.25, 0.3) is 0 Å². The standard InChI is InChI=1S/C25H25.C21H26.C13H21.2ClH.Zr/c1-14-12-24(3,4)22-8-16-7-17-9-23-19(15(2)13-25(23,5)6)11-21(17)20(16)10-18(14)22;1-20(2,3)18-11-7-16(8-12-18)15-17-9-13-19(14-10-17)21(4,5)6;1-6-10-8-11(7-2)12(9-10)13(3,4)5;;;/h8-12H,7H2,1-6H3;7-14H,1-6H3;8-9H,6-7H2,1-5H3;2*1H;/q-1;;-1;;;+2/p-2. The zero-order valence-electron chi connectivity index (χ0n) is 41.0. The molecule has 0 spiro atoms. The number of aryl methyl sites for hydroxylation is 2. The Labute approximate surface area is 405 Å². The van der Waals surface area contributed by atoms with Crippen LogP contribution >= 0.6 is 0 Å². The van der Waals surface area contributed by atoms with Gasteiger partial charge in [0, 0.05) is 5.41 Å². The number of benzene rings is 4. The predicted octanol–water partition coefficient (Wildman–Crippen LogP) is 9.68. The van der Waals surface area contributed by atoms with Crippen LogP contribution in [-0.4, -0.2) is 3.21 Å². The van der Waals surface area contributed by atoms with Crippen molar-refractivity contribution in [3.05, 3.63) is 169 Å². The molecule has 0 bridgehead atoms. The molecule has 0 N–H and O–H groups in total. The van der Waals surface area contributed by atoms with E-state index in [4.69, 9.17) is 0 Å². The van der Waals surface area contributed by atoms with Crippen LogP contribution in [0.2, 0.25) is 0 Å². The van der Waals surface area contributed by atoms with Gasteiger partial charge in [-0.1, -0.05) is 111 Å². The zero-order valence-corrected chi connectivity index (χ0v) is 45.0. The maximum Gasteiger partial charge on any atom is 0.00873 e. The summed E-state index contributed by atoms with van der Waals surface area (Å²) in [5.41, 5.74) is 25.3. The molecule has 0 saturated carbocycles. The molecule has 0 unspecified atom stereocenters. The summed E-state index contributed by atoms with van der Waals surface area (Å²) in [6.45, 7) is 38.6. The van der Waals surface area contributed by atoms with E-state index >= 15 is 0 Å². The first-order chi connectivity index (χ1) is 27.7. The van der Waals surface area contributed by atoms with E-state index in [1.807, 2.05) is 0 Å². The van der Waals surface area contributed by atoms with E-state index in [0.29, 0.717) is 5.41 Å². The molecule has 0 radical (unpaired) electrons. The van der Waals surface area contributed by atoms with E-state index in [9.17, 15) is 0 Å². The third-order valence-electron chi connectivity index (χ3n) is 13.1. The topological polar surface area (TPSA) is 0 Å². The number of rotatable bonds is 4. The van der Waals surface area contributed by atoms with Crippen LogP contribution in [-0.2, 0) is 70.6 Å². The monoisotopic (exact) mass is 940 g/mol. The van der Waals surface area contributed by atoms with Crippen molar-refractivity contribution in [2.45, 2.75) is 164 Å². The van der Waals surface area contributed by atoms with Gasteiger partial charge < -0.3 is 24.8 Å². The molecule has 5 aromatic rings. The molecule has 0 aromatic heterocycles. The minimum Gasteiger partial charge on any atom is -1.00 e. The Balaban J connectivity index is 0.000000211. The Morgan fingerprint density at radius 3 is 1.50 bits per heavy atom. The summed E-state index contributed by atoms with van der Waals surface area (Å²) >= 11 is 1.46. The van der Waals surface area contributed by atoms with E-state index in [1.54, 1.807) is 0 Å². The van der Waals surface area contributed by atoms with Gasteiger partial charge in [-0.05, 0) is 58.4 Å². The summed E-state index contributed by atoms with van der Waals surface area (Å²) in [5, 5.41) is 0. The Kier molecular flexibility index (Phi) is 15.7. The molecule has 3 aliphatic rings. The first-order valence-electron chi connectivity index (χ1n) is 22.5. The maximum atomic E-state index is 3.65. The number of fused-ring (bicyclic) bond motifs is 5. The van der Waals surface area contributed by atoms with Crippen LogP contribution in [0.5, 0.6) is 0 Å². The van der Waals surface area contributed by atoms with E-state index in [1.165, 1.54) is 122 Å². The summed E-state index contributed by atoms with van der Waals surface area (Å²) in [6, 6.07) is 32.7. The largest absolute Gasteiger partial charge is 1.00 e. The van der Waals surface area contributed by atoms with Crippen LogP contribution in [0, 0.1) is 6.08 Å². The Morgan fingerprint density at radius 1 is 0.613 bits per heavy atom. The summed E-state index contributed by atoms with van der Waals surface area (Å²) in [5.74, 6) is 0. The third-order valence-corrected chi connectivity index (χ3v) is 14.6. The fourth-order valence-corrected chi connectivity index (χ4v) is 10.4. The summed E-state index contributed by atoms with van der Waals surface area (Å²) in [7, 11) is 0. The molecule has 0 heterocycles. The van der Waals surface area contributed by atoms with Crippen molar-refractivity contribution in [3.63, 3.8) is 0 Å². The van der Waals surface area contributed by atoms with E-state index < -0.39 is 0 Å². The van der Waals surface area contributed by atoms with Gasteiger partial charge in [-0.2, -0.15) is 28.3 Å². The molecule has 3 heteroatoms. The molecule has 5 aromatic carbocycles. The molecule has 0 atom stereocenters. The van der Waals surface area contributed by atoms with Gasteiger partial charge in [0.1, 0.15) is 0 Å². The van der Waals surface area contributed by atoms with Crippen molar-refractivity contribution < 1.29 is 49.0 Å². The number of hydrogen-bond acceptors (Lipinski definition) is 0. The Hall–Kier alpha value is -2.96. The number of allylic oxidation sites excluding steroid dienone is 4. The van der Waals surface area contributed by atoms with Crippen LogP contribution in [0.4, 0.5) is 0 Å². The molecule has 8 rings (SSSR count). The Bertz CT molecular complexity index is 2330. The van der Waals surface area contributed by atoms with Crippen molar-refractivity contribution in [2.24, 2.45) is 0 Å². The molecular weight excluding hydrogens is 871 g/mol. The van der Waals surface area contributed by atoms with Gasteiger partial charge in [0.2, 0.25) is 0 Å². The maximum absolute atomic E-state index is 3.65. The second kappa shape index (κ2) is 18.9. The van der Waals surface area contributed by atoms with Gasteiger partial charge in [-0.25, -0.2) is 11.6 Å². The van der Waals surface area contributed by atoms with Gasteiger partial charge in [-0.3, -0.25) is 6.08 Å². The van der Waals surface area contributed by atoms with Gasteiger partial charge in [-0.15, -0.1) is 11.6 Å². The molecule has 0 amide bonds. The molecule has 3 aliphatic carbocycles.